The zero-order chi connectivity index (χ0) is 14.4. The Morgan fingerprint density at radius 3 is 1.83 bits per heavy atom. The predicted octanol–water partition coefficient (Wildman–Crippen LogP) is 2.00. The van der Waals surface area contributed by atoms with Crippen molar-refractivity contribution in [1.29, 1.82) is 0 Å². The second kappa shape index (κ2) is 4.31. The number of aromatic nitrogens is 1. The van der Waals surface area contributed by atoms with Gasteiger partial charge >= 0.3 is 0 Å². The van der Waals surface area contributed by atoms with Crippen LogP contribution in [0, 0.1) is 0 Å². The summed E-state index contributed by atoms with van der Waals surface area (Å²) in [4.78, 5) is 2.96. The number of rotatable bonds is 1. The van der Waals surface area contributed by atoms with Crippen LogP contribution in [0.25, 0.3) is 0 Å². The Labute approximate surface area is 109 Å². The minimum absolute atomic E-state index is 0.134. The lowest BCUT2D eigenvalue weighted by molar-refractivity contribution is -0.417. The van der Waals surface area contributed by atoms with E-state index in [-0.39, 0.29) is 10.3 Å². The van der Waals surface area contributed by atoms with E-state index in [1.807, 2.05) is 41.5 Å². The Kier molecular flexibility index (Phi) is 3.62. The van der Waals surface area contributed by atoms with Crippen molar-refractivity contribution in [2.24, 2.45) is 0 Å². The first kappa shape index (κ1) is 15.1. The molecular weight excluding hydrogens is 250 g/mol. The topological polar surface area (TPSA) is 71.3 Å². The Morgan fingerprint density at radius 1 is 1.00 bits per heavy atom. The van der Waals surface area contributed by atoms with Gasteiger partial charge in [-0.05, 0) is 6.07 Å². The number of nitrogens with one attached hydrogen (secondary N) is 1. The van der Waals surface area contributed by atoms with Gasteiger partial charge in [-0.15, -0.1) is 0 Å². The van der Waals surface area contributed by atoms with Crippen molar-refractivity contribution in [1.82, 2.24) is 0 Å². The highest BCUT2D eigenvalue weighted by molar-refractivity contribution is 7.85. The van der Waals surface area contributed by atoms with E-state index in [0.29, 0.717) is 5.69 Å². The van der Waals surface area contributed by atoms with Gasteiger partial charge in [0.1, 0.15) is 15.0 Å². The number of H-pyrrole nitrogens is 1. The van der Waals surface area contributed by atoms with Gasteiger partial charge in [-0.1, -0.05) is 41.5 Å². The molecule has 18 heavy (non-hydrogen) atoms. The molecule has 5 heteroatoms. The minimum atomic E-state index is -4.46. The van der Waals surface area contributed by atoms with E-state index >= 15 is 0 Å². The highest BCUT2D eigenvalue weighted by Gasteiger charge is 2.31. The van der Waals surface area contributed by atoms with Gasteiger partial charge in [-0.3, -0.25) is 0 Å². The van der Waals surface area contributed by atoms with Crippen LogP contribution in [0.4, 0.5) is 0 Å². The van der Waals surface area contributed by atoms with Gasteiger partial charge in [-0.2, -0.15) is 0 Å². The predicted molar refractivity (Wildman–Crippen MR) is 68.4 cm³/mol. The second-order valence-corrected chi connectivity index (χ2v) is 7.91. The third-order valence-electron chi connectivity index (χ3n) is 2.73. The van der Waals surface area contributed by atoms with Crippen molar-refractivity contribution in [3.05, 3.63) is 23.5 Å². The third-order valence-corrected chi connectivity index (χ3v) is 3.61. The molecule has 0 aliphatic heterocycles. The van der Waals surface area contributed by atoms with E-state index in [0.717, 1.165) is 5.69 Å². The van der Waals surface area contributed by atoms with Gasteiger partial charge in [0.25, 0.3) is 0 Å². The molecule has 0 atom stereocenters. The molecule has 4 nitrogen and oxygen atoms in total. The van der Waals surface area contributed by atoms with E-state index < -0.39 is 15.5 Å². The number of pyridine rings is 1. The molecule has 0 aliphatic carbocycles. The molecule has 0 saturated heterocycles. The molecule has 0 saturated carbocycles. The quantitative estimate of drug-likeness (QED) is 0.733. The van der Waals surface area contributed by atoms with Crippen LogP contribution in [0.2, 0.25) is 0 Å². The Bertz CT molecular complexity index is 549. The fraction of sp³-hybridized carbons (Fsp3) is 0.615. The standard InChI is InChI=1S/C13H21NO3S/c1-12(2,3)10-8-7-9(18(15,16)17)11(14-10)13(4,5)6/h7-8H,1-6H3,(H,15,16,17). The molecule has 1 N–H and O–H groups in total. The summed E-state index contributed by atoms with van der Waals surface area (Å²) >= 11 is 0. The first-order chi connectivity index (χ1) is 7.83. The monoisotopic (exact) mass is 271 g/mol. The second-order valence-electron chi connectivity index (χ2n) is 6.57. The van der Waals surface area contributed by atoms with E-state index in [4.69, 9.17) is 0 Å². The zero-order valence-corrected chi connectivity index (χ0v) is 12.6. The van der Waals surface area contributed by atoms with E-state index in [2.05, 4.69) is 4.98 Å². The summed E-state index contributed by atoms with van der Waals surface area (Å²) in [6, 6.07) is 3.07. The lowest BCUT2D eigenvalue weighted by atomic mass is 9.88. The van der Waals surface area contributed by atoms with E-state index in [1.54, 1.807) is 6.07 Å². The molecule has 1 aromatic rings. The lowest BCUT2D eigenvalue weighted by Gasteiger charge is -2.21. The largest absolute Gasteiger partial charge is 0.744 e. The Hall–Kier alpha value is -0.940. The fourth-order valence-corrected chi connectivity index (χ4v) is 2.53. The summed E-state index contributed by atoms with van der Waals surface area (Å²) in [6.07, 6.45) is 0. The molecule has 0 amide bonds. The van der Waals surface area contributed by atoms with Crippen molar-refractivity contribution >= 4 is 10.1 Å². The molecule has 1 aromatic heterocycles. The summed E-state index contributed by atoms with van der Waals surface area (Å²) in [6.45, 7) is 11.7. The molecule has 1 rings (SSSR count). The summed E-state index contributed by atoms with van der Waals surface area (Å²) in [5.74, 6) is 0. The normalized spacial score (nSPS) is 13.7. The molecule has 0 radical (unpaired) electrons. The van der Waals surface area contributed by atoms with Gasteiger partial charge in [0, 0.05) is 16.9 Å². The average Bonchev–Trinajstić information content (AvgIpc) is 2.12. The van der Waals surface area contributed by atoms with Gasteiger partial charge in [0.2, 0.25) is 5.69 Å². The Morgan fingerprint density at radius 2 is 1.50 bits per heavy atom. The maximum absolute atomic E-state index is 11.3. The minimum Gasteiger partial charge on any atom is -0.744 e. The van der Waals surface area contributed by atoms with Gasteiger partial charge < -0.3 is 4.55 Å². The number of aromatic amines is 1. The average molecular weight is 271 g/mol. The highest BCUT2D eigenvalue weighted by Crippen LogP contribution is 2.27. The molecule has 0 fully saturated rings. The van der Waals surface area contributed by atoms with Crippen molar-refractivity contribution in [2.75, 3.05) is 0 Å². The van der Waals surface area contributed by atoms with Crippen molar-refractivity contribution in [3.63, 3.8) is 0 Å². The molecule has 102 valence electrons. The molecule has 0 unspecified atom stereocenters. The smallest absolute Gasteiger partial charge is 0.202 e. The lowest BCUT2D eigenvalue weighted by Crippen LogP contribution is -2.34. The highest BCUT2D eigenvalue weighted by atomic mass is 32.2. The summed E-state index contributed by atoms with van der Waals surface area (Å²) in [7, 11) is -4.46. The molecule has 0 bridgehead atoms. The number of hydrogen-bond acceptors (Lipinski definition) is 3. The summed E-state index contributed by atoms with van der Waals surface area (Å²) in [5.41, 5.74) is 0.795. The summed E-state index contributed by atoms with van der Waals surface area (Å²) in [5, 5.41) is 0. The zero-order valence-electron chi connectivity index (χ0n) is 11.8. The van der Waals surface area contributed by atoms with E-state index in [1.165, 1.54) is 6.07 Å². The van der Waals surface area contributed by atoms with Crippen LogP contribution in [-0.2, 0) is 20.9 Å². The van der Waals surface area contributed by atoms with Crippen LogP contribution >= 0.6 is 0 Å². The van der Waals surface area contributed by atoms with Crippen LogP contribution in [0.3, 0.4) is 0 Å². The van der Waals surface area contributed by atoms with Crippen molar-refractivity contribution in [3.8, 4) is 0 Å². The fourth-order valence-electron chi connectivity index (χ4n) is 1.68. The molecule has 0 spiro atoms. The van der Waals surface area contributed by atoms with Crippen LogP contribution in [0.1, 0.15) is 52.9 Å². The molecule has 0 aliphatic rings. The van der Waals surface area contributed by atoms with Crippen LogP contribution in [-0.4, -0.2) is 13.0 Å². The van der Waals surface area contributed by atoms with Crippen molar-refractivity contribution < 1.29 is 18.0 Å². The van der Waals surface area contributed by atoms with Gasteiger partial charge in [-0.25, -0.2) is 13.4 Å². The van der Waals surface area contributed by atoms with Gasteiger partial charge in [0.15, 0.2) is 5.69 Å². The van der Waals surface area contributed by atoms with Gasteiger partial charge in [0.05, 0.1) is 0 Å². The maximum Gasteiger partial charge on any atom is 0.202 e. The maximum atomic E-state index is 11.3. The number of hydrogen-bond donors (Lipinski definition) is 0. The Balaban J connectivity index is 3.61. The first-order valence-electron chi connectivity index (χ1n) is 5.86. The molecular formula is C13H21NO3S. The molecule has 1 heterocycles. The van der Waals surface area contributed by atoms with Crippen LogP contribution in [0.5, 0.6) is 0 Å². The van der Waals surface area contributed by atoms with Crippen molar-refractivity contribution in [2.45, 2.75) is 57.3 Å². The summed E-state index contributed by atoms with van der Waals surface area (Å²) < 4.78 is 33.9. The SMILES string of the molecule is CC(C)(C)c1ccc(S(=O)(=O)[O-])c(C(C)(C)C)[nH+]1. The third kappa shape index (κ3) is 3.29. The van der Waals surface area contributed by atoms with E-state index in [9.17, 15) is 13.0 Å². The van der Waals surface area contributed by atoms with Crippen LogP contribution < -0.4 is 4.98 Å². The molecule has 0 aromatic carbocycles. The first-order valence-corrected chi connectivity index (χ1v) is 7.27. The van der Waals surface area contributed by atoms with Crippen LogP contribution in [0.15, 0.2) is 17.0 Å².